The summed E-state index contributed by atoms with van der Waals surface area (Å²) in [6.45, 7) is 0. The standard InChI is InChI=1S/C16H10N2S/c1-2-13(14-6-7-19-16(14)3-1)11-4-5-12-9-17-10-18-15(12)8-11/h1-10H. The van der Waals surface area contributed by atoms with Crippen molar-refractivity contribution in [1.82, 2.24) is 9.97 Å². The highest BCUT2D eigenvalue weighted by atomic mass is 32.1. The van der Waals surface area contributed by atoms with Gasteiger partial charge in [-0.2, -0.15) is 0 Å². The first-order valence-electron chi connectivity index (χ1n) is 6.08. The van der Waals surface area contributed by atoms with Crippen LogP contribution >= 0.6 is 11.3 Å². The van der Waals surface area contributed by atoms with Crippen LogP contribution in [0.5, 0.6) is 0 Å². The van der Waals surface area contributed by atoms with Gasteiger partial charge in [0, 0.05) is 21.7 Å². The van der Waals surface area contributed by atoms with Gasteiger partial charge in [0.25, 0.3) is 0 Å². The van der Waals surface area contributed by atoms with Crippen LogP contribution in [0, 0.1) is 0 Å². The van der Waals surface area contributed by atoms with Crippen LogP contribution in [0.25, 0.3) is 32.1 Å². The summed E-state index contributed by atoms with van der Waals surface area (Å²) in [5.74, 6) is 0. The molecule has 0 N–H and O–H groups in total. The molecular weight excluding hydrogens is 252 g/mol. The van der Waals surface area contributed by atoms with E-state index in [-0.39, 0.29) is 0 Å². The molecule has 0 radical (unpaired) electrons. The van der Waals surface area contributed by atoms with Crippen LogP contribution in [-0.2, 0) is 0 Å². The summed E-state index contributed by atoms with van der Waals surface area (Å²) in [6.07, 6.45) is 3.44. The minimum atomic E-state index is 0.986. The number of nitrogens with zero attached hydrogens (tertiary/aromatic N) is 2. The molecule has 0 saturated heterocycles. The van der Waals surface area contributed by atoms with Crippen molar-refractivity contribution in [3.8, 4) is 11.1 Å². The highest BCUT2D eigenvalue weighted by Crippen LogP contribution is 2.32. The van der Waals surface area contributed by atoms with E-state index in [1.807, 2.05) is 6.20 Å². The second kappa shape index (κ2) is 4.14. The van der Waals surface area contributed by atoms with Crippen molar-refractivity contribution in [2.45, 2.75) is 0 Å². The molecule has 0 saturated carbocycles. The minimum Gasteiger partial charge on any atom is -0.244 e. The lowest BCUT2D eigenvalue weighted by Crippen LogP contribution is -1.83. The molecule has 0 atom stereocenters. The molecule has 2 nitrogen and oxygen atoms in total. The molecule has 4 aromatic rings. The Hall–Kier alpha value is -2.26. The van der Waals surface area contributed by atoms with E-state index in [4.69, 9.17) is 0 Å². The van der Waals surface area contributed by atoms with Crippen molar-refractivity contribution >= 4 is 32.3 Å². The maximum absolute atomic E-state index is 4.33. The maximum Gasteiger partial charge on any atom is 0.116 e. The zero-order valence-electron chi connectivity index (χ0n) is 10.1. The van der Waals surface area contributed by atoms with Crippen LogP contribution in [0.2, 0.25) is 0 Å². The van der Waals surface area contributed by atoms with Crippen LogP contribution in [-0.4, -0.2) is 9.97 Å². The highest BCUT2D eigenvalue weighted by molar-refractivity contribution is 7.17. The summed E-state index contributed by atoms with van der Waals surface area (Å²) >= 11 is 1.77. The molecule has 90 valence electrons. The fraction of sp³-hybridized carbons (Fsp3) is 0. The molecule has 0 aliphatic rings. The normalized spacial score (nSPS) is 11.2. The Balaban J connectivity index is 2.01. The Morgan fingerprint density at radius 2 is 2.00 bits per heavy atom. The summed E-state index contributed by atoms with van der Waals surface area (Å²) in [4.78, 5) is 8.37. The Morgan fingerprint density at radius 1 is 1.00 bits per heavy atom. The predicted molar refractivity (Wildman–Crippen MR) is 80.4 cm³/mol. The number of benzene rings is 2. The van der Waals surface area contributed by atoms with E-state index >= 15 is 0 Å². The molecule has 2 aromatic carbocycles. The lowest BCUT2D eigenvalue weighted by atomic mass is 10.0. The third-order valence-corrected chi connectivity index (χ3v) is 4.20. The number of aromatic nitrogens is 2. The van der Waals surface area contributed by atoms with E-state index in [0.717, 1.165) is 10.9 Å². The highest BCUT2D eigenvalue weighted by Gasteiger charge is 2.05. The molecule has 2 aromatic heterocycles. The second-order valence-corrected chi connectivity index (χ2v) is 5.38. The van der Waals surface area contributed by atoms with Gasteiger partial charge in [0.1, 0.15) is 6.33 Å². The Bertz CT molecular complexity index is 880. The Labute approximate surface area is 114 Å². The molecule has 0 bridgehead atoms. The van der Waals surface area contributed by atoms with E-state index in [1.54, 1.807) is 17.7 Å². The van der Waals surface area contributed by atoms with E-state index in [0.29, 0.717) is 0 Å². The zero-order valence-corrected chi connectivity index (χ0v) is 10.9. The molecule has 0 aliphatic carbocycles. The van der Waals surface area contributed by atoms with Gasteiger partial charge in [0.15, 0.2) is 0 Å². The lowest BCUT2D eigenvalue weighted by Gasteiger charge is -2.05. The summed E-state index contributed by atoms with van der Waals surface area (Å²) in [7, 11) is 0. The monoisotopic (exact) mass is 262 g/mol. The van der Waals surface area contributed by atoms with Crippen LogP contribution in [0.1, 0.15) is 0 Å². The summed E-state index contributed by atoms with van der Waals surface area (Å²) in [5, 5.41) is 4.52. The average Bonchev–Trinajstić information content (AvgIpc) is 2.95. The lowest BCUT2D eigenvalue weighted by molar-refractivity contribution is 1.22. The molecule has 0 aliphatic heterocycles. The van der Waals surface area contributed by atoms with E-state index in [1.165, 1.54) is 21.2 Å². The number of rotatable bonds is 1. The van der Waals surface area contributed by atoms with Crippen molar-refractivity contribution in [2.24, 2.45) is 0 Å². The summed E-state index contributed by atoms with van der Waals surface area (Å²) in [6, 6.07) is 15.0. The van der Waals surface area contributed by atoms with Gasteiger partial charge in [0.2, 0.25) is 0 Å². The molecule has 0 fully saturated rings. The molecule has 2 heterocycles. The molecular formula is C16H10N2S. The van der Waals surface area contributed by atoms with Gasteiger partial charge in [-0.3, -0.25) is 0 Å². The second-order valence-electron chi connectivity index (χ2n) is 4.43. The van der Waals surface area contributed by atoms with Gasteiger partial charge in [0.05, 0.1) is 5.52 Å². The van der Waals surface area contributed by atoms with Gasteiger partial charge >= 0.3 is 0 Å². The average molecular weight is 262 g/mol. The summed E-state index contributed by atoms with van der Waals surface area (Å²) < 4.78 is 1.32. The quantitative estimate of drug-likeness (QED) is 0.504. The smallest absolute Gasteiger partial charge is 0.116 e. The first kappa shape index (κ1) is 10.6. The Kier molecular flexibility index (Phi) is 2.32. The molecule has 0 unspecified atom stereocenters. The fourth-order valence-electron chi connectivity index (χ4n) is 2.39. The first-order chi connectivity index (χ1) is 9.42. The largest absolute Gasteiger partial charge is 0.244 e. The third kappa shape index (κ3) is 1.71. The molecule has 19 heavy (non-hydrogen) atoms. The summed E-state index contributed by atoms with van der Waals surface area (Å²) in [5.41, 5.74) is 3.45. The third-order valence-electron chi connectivity index (χ3n) is 3.31. The van der Waals surface area contributed by atoms with Gasteiger partial charge in [-0.15, -0.1) is 11.3 Å². The number of fused-ring (bicyclic) bond motifs is 2. The van der Waals surface area contributed by atoms with Crippen molar-refractivity contribution in [3.05, 3.63) is 60.4 Å². The maximum atomic E-state index is 4.33. The van der Waals surface area contributed by atoms with Crippen LogP contribution in [0.4, 0.5) is 0 Å². The Morgan fingerprint density at radius 3 is 3.00 bits per heavy atom. The van der Waals surface area contributed by atoms with E-state index in [2.05, 4.69) is 57.8 Å². The van der Waals surface area contributed by atoms with Gasteiger partial charge in [-0.25, -0.2) is 9.97 Å². The predicted octanol–water partition coefficient (Wildman–Crippen LogP) is 4.51. The molecule has 0 spiro atoms. The van der Waals surface area contributed by atoms with Crippen LogP contribution < -0.4 is 0 Å². The number of hydrogen-bond donors (Lipinski definition) is 0. The topological polar surface area (TPSA) is 25.8 Å². The number of thiophene rings is 1. The molecule has 3 heteroatoms. The molecule has 0 amide bonds. The van der Waals surface area contributed by atoms with Gasteiger partial charge in [-0.05, 0) is 34.7 Å². The molecule has 4 rings (SSSR count). The number of hydrogen-bond acceptors (Lipinski definition) is 3. The first-order valence-corrected chi connectivity index (χ1v) is 6.96. The van der Waals surface area contributed by atoms with E-state index < -0.39 is 0 Å². The van der Waals surface area contributed by atoms with Crippen LogP contribution in [0.15, 0.2) is 60.4 Å². The zero-order chi connectivity index (χ0) is 12.7. The van der Waals surface area contributed by atoms with Crippen molar-refractivity contribution in [2.75, 3.05) is 0 Å². The fourth-order valence-corrected chi connectivity index (χ4v) is 3.20. The minimum absolute atomic E-state index is 0.986. The van der Waals surface area contributed by atoms with Crippen molar-refractivity contribution in [3.63, 3.8) is 0 Å². The van der Waals surface area contributed by atoms with Gasteiger partial charge in [-0.1, -0.05) is 24.3 Å². The van der Waals surface area contributed by atoms with Crippen molar-refractivity contribution < 1.29 is 0 Å². The SMILES string of the molecule is c1cc(-c2ccc3cncnc3c2)c2ccsc2c1. The van der Waals surface area contributed by atoms with E-state index in [9.17, 15) is 0 Å². The van der Waals surface area contributed by atoms with Crippen LogP contribution in [0.3, 0.4) is 0 Å². The van der Waals surface area contributed by atoms with Crippen molar-refractivity contribution in [1.29, 1.82) is 0 Å². The van der Waals surface area contributed by atoms with Gasteiger partial charge < -0.3 is 0 Å².